The van der Waals surface area contributed by atoms with Gasteiger partial charge in [-0.15, -0.1) is 0 Å². The van der Waals surface area contributed by atoms with Gasteiger partial charge < -0.3 is 20.1 Å². The fourth-order valence-electron chi connectivity index (χ4n) is 3.12. The summed E-state index contributed by atoms with van der Waals surface area (Å²) in [7, 11) is 0. The van der Waals surface area contributed by atoms with Crippen molar-refractivity contribution < 1.29 is 20.1 Å². The lowest BCUT2D eigenvalue weighted by molar-refractivity contribution is -0.0551. The van der Waals surface area contributed by atoms with Crippen LogP contribution in [0.4, 0.5) is 0 Å². The van der Waals surface area contributed by atoms with Crippen LogP contribution in [0.5, 0.6) is 0 Å². The van der Waals surface area contributed by atoms with Crippen molar-refractivity contribution in [3.05, 3.63) is 32.6 Å². The highest BCUT2D eigenvalue weighted by Crippen LogP contribution is 2.28. The number of aromatic amines is 1. The highest BCUT2D eigenvalue weighted by atomic mass is 16.6. The van der Waals surface area contributed by atoms with Crippen LogP contribution in [0.1, 0.15) is 24.6 Å². The number of nitrogens with one attached hydrogen (secondary N) is 1. The van der Waals surface area contributed by atoms with Gasteiger partial charge in [0.15, 0.2) is 6.23 Å². The summed E-state index contributed by atoms with van der Waals surface area (Å²) in [6.45, 7) is 1.72. The molecule has 2 aliphatic rings. The predicted molar refractivity (Wildman–Crippen MR) is 78.8 cm³/mol. The fraction of sp³-hybridized carbons (Fsp3) is 0.714. The minimum Gasteiger partial charge on any atom is -0.394 e. The molecule has 3 rings (SSSR count). The first-order valence-corrected chi connectivity index (χ1v) is 7.70. The number of rotatable bonds is 4. The Morgan fingerprint density at radius 1 is 1.22 bits per heavy atom. The van der Waals surface area contributed by atoms with E-state index in [0.717, 1.165) is 30.5 Å². The van der Waals surface area contributed by atoms with Crippen LogP contribution in [0.15, 0.2) is 15.8 Å². The second-order valence-electron chi connectivity index (χ2n) is 6.03. The molecule has 0 aliphatic carbocycles. The third kappa shape index (κ3) is 3.10. The van der Waals surface area contributed by atoms with Crippen molar-refractivity contribution in [3.8, 4) is 0 Å². The number of aliphatic hydroxyl groups excluding tert-OH is 3. The predicted octanol–water partition coefficient (Wildman–Crippen LogP) is -2.26. The van der Waals surface area contributed by atoms with Crippen LogP contribution in [0.25, 0.3) is 0 Å². The van der Waals surface area contributed by atoms with Gasteiger partial charge in [-0.05, 0) is 25.9 Å². The molecular weight excluding hydrogens is 306 g/mol. The van der Waals surface area contributed by atoms with Crippen molar-refractivity contribution in [2.45, 2.75) is 43.9 Å². The van der Waals surface area contributed by atoms with E-state index in [0.29, 0.717) is 12.1 Å². The van der Waals surface area contributed by atoms with Crippen LogP contribution >= 0.6 is 0 Å². The molecule has 0 bridgehead atoms. The molecule has 4 atom stereocenters. The molecule has 2 aliphatic heterocycles. The molecule has 0 radical (unpaired) electrons. The van der Waals surface area contributed by atoms with Crippen LogP contribution in [0.3, 0.4) is 0 Å². The maximum absolute atomic E-state index is 12.0. The first kappa shape index (κ1) is 16.3. The minimum atomic E-state index is -1.37. The molecule has 0 amide bonds. The Labute approximate surface area is 131 Å². The van der Waals surface area contributed by atoms with Gasteiger partial charge in [0, 0.05) is 18.3 Å². The van der Waals surface area contributed by atoms with Gasteiger partial charge in [-0.25, -0.2) is 4.79 Å². The molecule has 1 aromatic rings. The second kappa shape index (κ2) is 6.54. The molecule has 0 aromatic carbocycles. The normalized spacial score (nSPS) is 31.8. The molecule has 4 N–H and O–H groups in total. The molecule has 2 saturated heterocycles. The van der Waals surface area contributed by atoms with Crippen molar-refractivity contribution in [1.82, 2.24) is 14.5 Å². The Morgan fingerprint density at radius 2 is 1.91 bits per heavy atom. The number of aliphatic hydroxyl groups is 3. The molecule has 0 spiro atoms. The average Bonchev–Trinajstić information content (AvgIpc) is 3.12. The molecule has 1 aromatic heterocycles. The van der Waals surface area contributed by atoms with Crippen molar-refractivity contribution in [1.29, 1.82) is 0 Å². The van der Waals surface area contributed by atoms with Gasteiger partial charge in [-0.3, -0.25) is 19.2 Å². The Balaban J connectivity index is 1.90. The molecule has 9 heteroatoms. The van der Waals surface area contributed by atoms with Crippen molar-refractivity contribution >= 4 is 0 Å². The van der Waals surface area contributed by atoms with Crippen molar-refractivity contribution in [2.24, 2.45) is 0 Å². The third-order valence-electron chi connectivity index (χ3n) is 4.43. The summed E-state index contributed by atoms with van der Waals surface area (Å²) in [5.74, 6) is 0. The summed E-state index contributed by atoms with van der Waals surface area (Å²) in [6, 6.07) is 0. The molecule has 3 heterocycles. The van der Waals surface area contributed by atoms with Gasteiger partial charge in [0.05, 0.1) is 6.61 Å². The van der Waals surface area contributed by atoms with E-state index in [1.807, 2.05) is 0 Å². The van der Waals surface area contributed by atoms with E-state index in [1.165, 1.54) is 6.20 Å². The van der Waals surface area contributed by atoms with Crippen LogP contribution in [-0.4, -0.2) is 67.8 Å². The zero-order chi connectivity index (χ0) is 16.6. The molecule has 128 valence electrons. The summed E-state index contributed by atoms with van der Waals surface area (Å²) in [5.41, 5.74) is -0.802. The Morgan fingerprint density at radius 3 is 2.52 bits per heavy atom. The number of hydrogen-bond donors (Lipinski definition) is 4. The van der Waals surface area contributed by atoms with E-state index in [1.54, 1.807) is 0 Å². The summed E-state index contributed by atoms with van der Waals surface area (Å²) in [6.07, 6.45) is -1.28. The fourth-order valence-corrected chi connectivity index (χ4v) is 3.12. The lowest BCUT2D eigenvalue weighted by atomic mass is 10.1. The summed E-state index contributed by atoms with van der Waals surface area (Å²) in [4.78, 5) is 28.3. The van der Waals surface area contributed by atoms with E-state index in [9.17, 15) is 19.8 Å². The second-order valence-corrected chi connectivity index (χ2v) is 6.03. The largest absolute Gasteiger partial charge is 0.394 e. The lowest BCUT2D eigenvalue weighted by Gasteiger charge is -2.19. The van der Waals surface area contributed by atoms with Gasteiger partial charge in [0.25, 0.3) is 5.56 Å². The lowest BCUT2D eigenvalue weighted by Crippen LogP contribution is -2.39. The third-order valence-corrected chi connectivity index (χ3v) is 4.43. The summed E-state index contributed by atoms with van der Waals surface area (Å²) >= 11 is 0. The van der Waals surface area contributed by atoms with Crippen molar-refractivity contribution in [2.75, 3.05) is 19.7 Å². The van der Waals surface area contributed by atoms with Crippen LogP contribution in [0.2, 0.25) is 0 Å². The number of nitrogens with zero attached hydrogens (tertiary/aromatic N) is 2. The standard InChI is InChI=1S/C14H21N3O6/c18-7-9-10(19)11(20)13(23-9)17-6-8(12(21)15-14(17)22)5-16-3-1-2-4-16/h6,9-11,13,18-20H,1-5,7H2,(H,15,21,22)/t9-,10?,11+,13-/m1/s1. The Hall–Kier alpha value is -1.52. The van der Waals surface area contributed by atoms with Gasteiger partial charge in [-0.1, -0.05) is 0 Å². The number of aromatic nitrogens is 2. The smallest absolute Gasteiger partial charge is 0.330 e. The minimum absolute atomic E-state index is 0.393. The first-order chi connectivity index (χ1) is 11.0. The zero-order valence-corrected chi connectivity index (χ0v) is 12.6. The van der Waals surface area contributed by atoms with E-state index in [4.69, 9.17) is 9.84 Å². The molecule has 2 fully saturated rings. The molecule has 9 nitrogen and oxygen atoms in total. The van der Waals surface area contributed by atoms with Gasteiger partial charge in [-0.2, -0.15) is 0 Å². The Bertz CT molecular complexity index is 665. The summed E-state index contributed by atoms with van der Waals surface area (Å²) in [5, 5.41) is 29.0. The highest BCUT2D eigenvalue weighted by molar-refractivity contribution is 5.06. The molecular formula is C14H21N3O6. The van der Waals surface area contributed by atoms with Gasteiger partial charge >= 0.3 is 5.69 Å². The molecule has 1 unspecified atom stereocenters. The topological polar surface area (TPSA) is 128 Å². The average molecular weight is 327 g/mol. The van der Waals surface area contributed by atoms with E-state index < -0.39 is 42.4 Å². The SMILES string of the molecule is O=c1[nH]c(=O)n([C@@H]2O[C@H](CO)C(O)[C@@H]2O)cc1CN1CCCC1. The molecule has 0 saturated carbocycles. The number of H-pyrrole nitrogens is 1. The van der Waals surface area contributed by atoms with E-state index in [-0.39, 0.29) is 0 Å². The van der Waals surface area contributed by atoms with Gasteiger partial charge in [0.2, 0.25) is 0 Å². The van der Waals surface area contributed by atoms with Crippen LogP contribution in [0, 0.1) is 0 Å². The number of likely N-dealkylation sites (tertiary alicyclic amines) is 1. The number of ether oxygens (including phenoxy) is 1. The highest BCUT2D eigenvalue weighted by Gasteiger charge is 2.43. The monoisotopic (exact) mass is 327 g/mol. The van der Waals surface area contributed by atoms with Crippen LogP contribution in [-0.2, 0) is 11.3 Å². The Kier molecular flexibility index (Phi) is 4.64. The maximum Gasteiger partial charge on any atom is 0.330 e. The number of hydrogen-bond acceptors (Lipinski definition) is 7. The van der Waals surface area contributed by atoms with Crippen molar-refractivity contribution in [3.63, 3.8) is 0 Å². The van der Waals surface area contributed by atoms with Gasteiger partial charge in [0.1, 0.15) is 18.3 Å². The first-order valence-electron chi connectivity index (χ1n) is 7.70. The van der Waals surface area contributed by atoms with E-state index in [2.05, 4.69) is 9.88 Å². The van der Waals surface area contributed by atoms with Crippen LogP contribution < -0.4 is 11.2 Å². The maximum atomic E-state index is 12.0. The quantitative estimate of drug-likeness (QED) is 0.491. The zero-order valence-electron chi connectivity index (χ0n) is 12.6. The van der Waals surface area contributed by atoms with E-state index >= 15 is 0 Å². The molecule has 23 heavy (non-hydrogen) atoms. The summed E-state index contributed by atoms with van der Waals surface area (Å²) < 4.78 is 6.41.